The molecule has 6 heteroatoms. The summed E-state index contributed by atoms with van der Waals surface area (Å²) in [6, 6.07) is 13.7. The van der Waals surface area contributed by atoms with Crippen LogP contribution in [-0.4, -0.2) is 15.9 Å². The third-order valence-corrected chi connectivity index (χ3v) is 4.38. The van der Waals surface area contributed by atoms with Crippen LogP contribution in [0, 0.1) is 5.82 Å². The standard InChI is InChI=1S/C20H17BrFN3O/c1-2-17-20(25-19(26)11-13-3-7-15(21)8-4-13)23-12-18(24-17)14-5-9-16(22)10-6-14/h3-10,12H,2,11H2,1H3,(H,23,25,26). The summed E-state index contributed by atoms with van der Waals surface area (Å²) in [5, 5.41) is 2.83. The third-order valence-electron chi connectivity index (χ3n) is 3.86. The zero-order chi connectivity index (χ0) is 18.5. The van der Waals surface area contributed by atoms with E-state index in [0.29, 0.717) is 23.6 Å². The van der Waals surface area contributed by atoms with Crippen molar-refractivity contribution in [3.63, 3.8) is 0 Å². The van der Waals surface area contributed by atoms with Gasteiger partial charge in [0.05, 0.1) is 24.0 Å². The summed E-state index contributed by atoms with van der Waals surface area (Å²) in [5.74, 6) is 0.0144. The summed E-state index contributed by atoms with van der Waals surface area (Å²) < 4.78 is 14.0. The van der Waals surface area contributed by atoms with Crippen LogP contribution in [0.4, 0.5) is 10.2 Å². The number of hydrogen-bond donors (Lipinski definition) is 1. The number of benzene rings is 2. The van der Waals surface area contributed by atoms with Crippen molar-refractivity contribution in [2.24, 2.45) is 0 Å². The molecular weight excluding hydrogens is 397 g/mol. The van der Waals surface area contributed by atoms with E-state index in [-0.39, 0.29) is 18.1 Å². The summed E-state index contributed by atoms with van der Waals surface area (Å²) in [4.78, 5) is 21.2. The molecule has 0 atom stereocenters. The van der Waals surface area contributed by atoms with E-state index in [9.17, 15) is 9.18 Å². The van der Waals surface area contributed by atoms with Crippen molar-refractivity contribution < 1.29 is 9.18 Å². The fraction of sp³-hybridized carbons (Fsp3) is 0.150. The first-order valence-corrected chi connectivity index (χ1v) is 9.00. The maximum atomic E-state index is 13.1. The average Bonchev–Trinajstić information content (AvgIpc) is 2.64. The molecule has 0 aliphatic rings. The highest BCUT2D eigenvalue weighted by Crippen LogP contribution is 2.20. The Labute approximate surface area is 159 Å². The molecule has 132 valence electrons. The van der Waals surface area contributed by atoms with E-state index < -0.39 is 0 Å². The van der Waals surface area contributed by atoms with Gasteiger partial charge in [0.15, 0.2) is 5.82 Å². The monoisotopic (exact) mass is 413 g/mol. The van der Waals surface area contributed by atoms with E-state index >= 15 is 0 Å². The molecule has 0 saturated heterocycles. The maximum Gasteiger partial charge on any atom is 0.229 e. The van der Waals surface area contributed by atoms with Gasteiger partial charge in [-0.15, -0.1) is 0 Å². The molecule has 0 aliphatic carbocycles. The number of halogens is 2. The summed E-state index contributed by atoms with van der Waals surface area (Å²) >= 11 is 3.37. The van der Waals surface area contributed by atoms with Crippen molar-refractivity contribution in [1.29, 1.82) is 0 Å². The Morgan fingerprint density at radius 1 is 1.12 bits per heavy atom. The molecule has 1 aromatic heterocycles. The minimum Gasteiger partial charge on any atom is -0.309 e. The number of aromatic nitrogens is 2. The number of nitrogens with one attached hydrogen (secondary N) is 1. The Hall–Kier alpha value is -2.60. The molecule has 3 aromatic rings. The Morgan fingerprint density at radius 2 is 1.81 bits per heavy atom. The van der Waals surface area contributed by atoms with Gasteiger partial charge >= 0.3 is 0 Å². The van der Waals surface area contributed by atoms with Crippen LogP contribution in [-0.2, 0) is 17.6 Å². The van der Waals surface area contributed by atoms with Crippen molar-refractivity contribution >= 4 is 27.7 Å². The predicted molar refractivity (Wildman–Crippen MR) is 103 cm³/mol. The van der Waals surface area contributed by atoms with Gasteiger partial charge in [-0.25, -0.2) is 14.4 Å². The minimum atomic E-state index is -0.297. The lowest BCUT2D eigenvalue weighted by atomic mass is 10.1. The van der Waals surface area contributed by atoms with Crippen molar-refractivity contribution in [1.82, 2.24) is 9.97 Å². The second-order valence-electron chi connectivity index (χ2n) is 5.76. The smallest absolute Gasteiger partial charge is 0.229 e. The van der Waals surface area contributed by atoms with Gasteiger partial charge in [-0.05, 0) is 48.4 Å². The first-order valence-electron chi connectivity index (χ1n) is 8.21. The van der Waals surface area contributed by atoms with Crippen molar-refractivity contribution in [3.05, 3.63) is 76.3 Å². The molecular formula is C20H17BrFN3O. The topological polar surface area (TPSA) is 54.9 Å². The molecule has 3 rings (SSSR count). The summed E-state index contributed by atoms with van der Waals surface area (Å²) in [7, 11) is 0. The first kappa shape index (κ1) is 18.2. The number of carbonyl (C=O) groups is 1. The molecule has 26 heavy (non-hydrogen) atoms. The van der Waals surface area contributed by atoms with Crippen LogP contribution in [0.2, 0.25) is 0 Å². The number of hydrogen-bond acceptors (Lipinski definition) is 3. The van der Waals surface area contributed by atoms with Gasteiger partial charge in [-0.3, -0.25) is 4.79 Å². The molecule has 0 bridgehead atoms. The number of carbonyl (C=O) groups excluding carboxylic acids is 1. The zero-order valence-electron chi connectivity index (χ0n) is 14.2. The first-order chi connectivity index (χ1) is 12.5. The van der Waals surface area contributed by atoms with E-state index in [1.54, 1.807) is 18.3 Å². The SMILES string of the molecule is CCc1nc(-c2ccc(F)cc2)cnc1NC(=O)Cc1ccc(Br)cc1. The second kappa shape index (κ2) is 8.19. The number of nitrogens with zero attached hydrogens (tertiary/aromatic N) is 2. The maximum absolute atomic E-state index is 13.1. The lowest BCUT2D eigenvalue weighted by Gasteiger charge is -2.10. The van der Waals surface area contributed by atoms with Crippen LogP contribution in [0.25, 0.3) is 11.3 Å². The minimum absolute atomic E-state index is 0.147. The van der Waals surface area contributed by atoms with Crippen molar-refractivity contribution in [2.75, 3.05) is 5.32 Å². The molecule has 1 heterocycles. The Kier molecular flexibility index (Phi) is 5.73. The molecule has 0 fully saturated rings. The van der Waals surface area contributed by atoms with Gasteiger partial charge < -0.3 is 5.32 Å². The van der Waals surface area contributed by atoms with Crippen molar-refractivity contribution in [2.45, 2.75) is 19.8 Å². The van der Waals surface area contributed by atoms with Gasteiger partial charge in [-0.1, -0.05) is 35.0 Å². The Balaban J connectivity index is 1.76. The number of rotatable bonds is 5. The average molecular weight is 414 g/mol. The third kappa shape index (κ3) is 4.52. The van der Waals surface area contributed by atoms with Gasteiger partial charge in [0.1, 0.15) is 5.82 Å². The van der Waals surface area contributed by atoms with E-state index in [1.807, 2.05) is 31.2 Å². The molecule has 1 amide bonds. The van der Waals surface area contributed by atoms with Crippen LogP contribution >= 0.6 is 15.9 Å². The van der Waals surface area contributed by atoms with E-state index in [1.165, 1.54) is 12.1 Å². The molecule has 4 nitrogen and oxygen atoms in total. The summed E-state index contributed by atoms with van der Waals surface area (Å²) in [5.41, 5.74) is 3.03. The Morgan fingerprint density at radius 3 is 2.46 bits per heavy atom. The summed E-state index contributed by atoms with van der Waals surface area (Å²) in [6.45, 7) is 1.95. The van der Waals surface area contributed by atoms with Gasteiger partial charge in [0.25, 0.3) is 0 Å². The number of amides is 1. The highest BCUT2D eigenvalue weighted by Gasteiger charge is 2.11. The summed E-state index contributed by atoms with van der Waals surface area (Å²) in [6.07, 6.45) is 2.47. The number of aryl methyl sites for hydroxylation is 1. The van der Waals surface area contributed by atoms with Crippen LogP contribution < -0.4 is 5.32 Å². The van der Waals surface area contributed by atoms with Crippen LogP contribution in [0.3, 0.4) is 0 Å². The molecule has 0 spiro atoms. The molecule has 0 unspecified atom stereocenters. The zero-order valence-corrected chi connectivity index (χ0v) is 15.8. The largest absolute Gasteiger partial charge is 0.309 e. The molecule has 2 aromatic carbocycles. The highest BCUT2D eigenvalue weighted by molar-refractivity contribution is 9.10. The Bertz CT molecular complexity index is 911. The highest BCUT2D eigenvalue weighted by atomic mass is 79.9. The van der Waals surface area contributed by atoms with Gasteiger partial charge in [0.2, 0.25) is 5.91 Å². The normalized spacial score (nSPS) is 10.6. The molecule has 0 saturated carbocycles. The van der Waals surface area contributed by atoms with Gasteiger partial charge in [0, 0.05) is 10.0 Å². The molecule has 1 N–H and O–H groups in total. The van der Waals surface area contributed by atoms with E-state index in [4.69, 9.17) is 0 Å². The quantitative estimate of drug-likeness (QED) is 0.653. The van der Waals surface area contributed by atoms with Crippen molar-refractivity contribution in [3.8, 4) is 11.3 Å². The fourth-order valence-corrected chi connectivity index (χ4v) is 2.77. The van der Waals surface area contributed by atoms with Crippen LogP contribution in [0.5, 0.6) is 0 Å². The van der Waals surface area contributed by atoms with Gasteiger partial charge in [-0.2, -0.15) is 0 Å². The van der Waals surface area contributed by atoms with E-state index in [0.717, 1.165) is 15.6 Å². The predicted octanol–water partition coefficient (Wildman–Crippen LogP) is 4.79. The molecule has 0 radical (unpaired) electrons. The van der Waals surface area contributed by atoms with E-state index in [2.05, 4.69) is 31.2 Å². The lowest BCUT2D eigenvalue weighted by molar-refractivity contribution is -0.115. The fourth-order valence-electron chi connectivity index (χ4n) is 2.50. The second-order valence-corrected chi connectivity index (χ2v) is 6.68. The van der Waals surface area contributed by atoms with Crippen LogP contribution in [0.15, 0.2) is 59.2 Å². The number of anilines is 1. The van der Waals surface area contributed by atoms with Crippen LogP contribution in [0.1, 0.15) is 18.2 Å². The molecule has 0 aliphatic heterocycles. The lowest BCUT2D eigenvalue weighted by Crippen LogP contribution is -2.17.